The van der Waals surface area contributed by atoms with Crippen molar-refractivity contribution in [1.29, 1.82) is 0 Å². The van der Waals surface area contributed by atoms with E-state index in [0.717, 1.165) is 24.1 Å². The molecule has 0 saturated carbocycles. The molecular weight excluding hydrogens is 346 g/mol. The summed E-state index contributed by atoms with van der Waals surface area (Å²) in [4.78, 5) is 0. The number of quaternary nitrogens is 1. The molecule has 13 heteroatoms. The van der Waals surface area contributed by atoms with Gasteiger partial charge in [0.1, 0.15) is 0 Å². The second-order valence-corrected chi connectivity index (χ2v) is 7.91. The van der Waals surface area contributed by atoms with Crippen LogP contribution in [0.3, 0.4) is 0 Å². The molecule has 0 bridgehead atoms. The van der Waals surface area contributed by atoms with Gasteiger partial charge in [-0.2, -0.15) is 13.2 Å². The molecule has 1 rings (SSSR count). The monoisotopic (exact) mass is 363 g/mol. The van der Waals surface area contributed by atoms with Gasteiger partial charge in [-0.25, -0.2) is 16.8 Å². The number of hydrogen-bond donors (Lipinski definition) is 0. The van der Waals surface area contributed by atoms with Crippen molar-refractivity contribution in [3.8, 4) is 0 Å². The van der Waals surface area contributed by atoms with E-state index in [-0.39, 0.29) is 24.6 Å². The van der Waals surface area contributed by atoms with E-state index < -0.39 is 25.7 Å². The summed E-state index contributed by atoms with van der Waals surface area (Å²) in [5, 5.41) is 0. The molecule has 1 saturated heterocycles. The number of hydrogen-bond acceptors (Lipinski definition) is 6. The first-order chi connectivity index (χ1) is 9.16. The standard InChI is InChI=1S/C8H17NO3S.CHF3O3S.Li/c1-9(5-2-3-6-9)7-4-8-13(10,11)12;2-1(3,4)8(5,6)7;/h2-8H2,1H3;(H,5,6,7);/q;;+1/p-1. The minimum absolute atomic E-state index is 0. The predicted octanol–water partition coefficient (Wildman–Crippen LogP) is -2.78. The smallest absolute Gasteiger partial charge is 0.748 e. The molecule has 0 atom stereocenters. The molecule has 0 spiro atoms. The van der Waals surface area contributed by atoms with Crippen LogP contribution in [0.1, 0.15) is 19.3 Å². The largest absolute Gasteiger partial charge is 1.00 e. The third kappa shape index (κ3) is 10.8. The molecule has 0 aromatic carbocycles. The first-order valence-electron chi connectivity index (χ1n) is 5.96. The Hall–Kier alpha value is 0.167. The zero-order valence-corrected chi connectivity index (χ0v) is 13.9. The molecule has 128 valence electrons. The topological polar surface area (TPSA) is 114 Å². The van der Waals surface area contributed by atoms with Gasteiger partial charge in [-0.15, -0.1) is 0 Å². The van der Waals surface area contributed by atoms with E-state index in [2.05, 4.69) is 7.05 Å². The summed E-state index contributed by atoms with van der Waals surface area (Å²) in [5.74, 6) is -0.208. The van der Waals surface area contributed by atoms with Crippen molar-refractivity contribution in [1.82, 2.24) is 0 Å². The van der Waals surface area contributed by atoms with Crippen molar-refractivity contribution in [2.45, 2.75) is 24.8 Å². The number of nitrogens with zero attached hydrogens (tertiary/aromatic N) is 1. The van der Waals surface area contributed by atoms with Crippen LogP contribution in [0.15, 0.2) is 0 Å². The van der Waals surface area contributed by atoms with Crippen LogP contribution in [0, 0.1) is 0 Å². The van der Waals surface area contributed by atoms with E-state index in [9.17, 15) is 26.1 Å². The molecule has 1 fully saturated rings. The maximum Gasteiger partial charge on any atom is 1.00 e. The van der Waals surface area contributed by atoms with Crippen LogP contribution < -0.4 is 18.9 Å². The molecule has 1 aliphatic rings. The van der Waals surface area contributed by atoms with Crippen LogP contribution in [0.5, 0.6) is 0 Å². The number of alkyl halides is 3. The van der Waals surface area contributed by atoms with Gasteiger partial charge in [0.25, 0.3) is 0 Å². The van der Waals surface area contributed by atoms with Gasteiger partial charge >= 0.3 is 24.4 Å². The van der Waals surface area contributed by atoms with Crippen molar-refractivity contribution < 1.29 is 62.5 Å². The van der Waals surface area contributed by atoms with E-state index in [0.29, 0.717) is 6.42 Å². The molecule has 7 nitrogen and oxygen atoms in total. The van der Waals surface area contributed by atoms with Crippen LogP contribution in [-0.4, -0.2) is 68.4 Å². The van der Waals surface area contributed by atoms with Gasteiger partial charge in [0.2, 0.25) is 0 Å². The molecule has 0 aromatic heterocycles. The molecule has 22 heavy (non-hydrogen) atoms. The van der Waals surface area contributed by atoms with Gasteiger partial charge in [0.15, 0.2) is 10.1 Å². The minimum Gasteiger partial charge on any atom is -0.748 e. The SMILES string of the molecule is C[N+]1(CCCS(=O)(=O)[O-])CCCC1.O=S(=O)([O-])C(F)(F)F.[Li+]. The number of rotatable bonds is 4. The van der Waals surface area contributed by atoms with Crippen molar-refractivity contribution in [2.24, 2.45) is 0 Å². The quantitative estimate of drug-likeness (QED) is 0.231. The zero-order chi connectivity index (χ0) is 16.9. The number of likely N-dealkylation sites (tertiary alicyclic amines) is 1. The molecule has 0 radical (unpaired) electrons. The second kappa shape index (κ2) is 8.86. The van der Waals surface area contributed by atoms with Crippen LogP contribution in [0.2, 0.25) is 0 Å². The molecular formula is C9H17F3LiNO6S2. The van der Waals surface area contributed by atoms with E-state index in [4.69, 9.17) is 13.0 Å². The fourth-order valence-corrected chi connectivity index (χ4v) is 2.43. The molecule has 0 aromatic rings. The van der Waals surface area contributed by atoms with Gasteiger partial charge in [0, 0.05) is 25.0 Å². The summed E-state index contributed by atoms with van der Waals surface area (Å²) < 4.78 is 90.9. The van der Waals surface area contributed by atoms with Gasteiger partial charge in [-0.3, -0.25) is 0 Å². The summed E-state index contributed by atoms with van der Waals surface area (Å²) in [6.07, 6.45) is 2.95. The number of halogens is 3. The Bertz CT molecular complexity index is 528. The first-order valence-corrected chi connectivity index (χ1v) is 8.94. The molecule has 0 unspecified atom stereocenters. The average Bonchev–Trinajstić information content (AvgIpc) is 2.61. The van der Waals surface area contributed by atoms with Crippen LogP contribution in [-0.2, 0) is 20.2 Å². The Balaban J connectivity index is 0. The Labute approximate surface area is 140 Å². The molecule has 0 N–H and O–H groups in total. The van der Waals surface area contributed by atoms with Crippen LogP contribution in [0.25, 0.3) is 0 Å². The summed E-state index contributed by atoms with van der Waals surface area (Å²) >= 11 is 0. The second-order valence-electron chi connectivity index (χ2n) is 5.01. The molecule has 0 amide bonds. The summed E-state index contributed by atoms with van der Waals surface area (Å²) in [6, 6.07) is 0. The minimum atomic E-state index is -6.09. The third-order valence-corrected chi connectivity index (χ3v) is 4.38. The maximum absolute atomic E-state index is 10.7. The Morgan fingerprint density at radius 2 is 1.41 bits per heavy atom. The van der Waals surface area contributed by atoms with E-state index in [1.54, 1.807) is 0 Å². The van der Waals surface area contributed by atoms with E-state index >= 15 is 0 Å². The fraction of sp³-hybridized carbons (Fsp3) is 1.00. The van der Waals surface area contributed by atoms with E-state index in [1.807, 2.05) is 0 Å². The Kier molecular flexibility index (Phi) is 9.84. The molecule has 0 aliphatic carbocycles. The van der Waals surface area contributed by atoms with Crippen molar-refractivity contribution in [3.63, 3.8) is 0 Å². The Morgan fingerprint density at radius 3 is 1.68 bits per heavy atom. The average molecular weight is 363 g/mol. The van der Waals surface area contributed by atoms with Gasteiger partial charge < -0.3 is 13.6 Å². The zero-order valence-electron chi connectivity index (χ0n) is 12.3. The van der Waals surface area contributed by atoms with Crippen molar-refractivity contribution in [3.05, 3.63) is 0 Å². The first kappa shape index (κ1) is 24.4. The van der Waals surface area contributed by atoms with Gasteiger partial charge in [-0.05, 0) is 0 Å². The summed E-state index contributed by atoms with van der Waals surface area (Å²) in [5.41, 5.74) is -5.65. The summed E-state index contributed by atoms with van der Waals surface area (Å²) in [7, 11) is -7.96. The van der Waals surface area contributed by atoms with Gasteiger partial charge in [-0.1, -0.05) is 0 Å². The maximum atomic E-state index is 10.7. The fourth-order valence-electron chi connectivity index (χ4n) is 1.95. The Morgan fingerprint density at radius 1 is 1.05 bits per heavy atom. The predicted molar refractivity (Wildman–Crippen MR) is 65.0 cm³/mol. The van der Waals surface area contributed by atoms with Crippen LogP contribution >= 0.6 is 0 Å². The van der Waals surface area contributed by atoms with Crippen LogP contribution in [0.4, 0.5) is 13.2 Å². The van der Waals surface area contributed by atoms with E-state index in [1.165, 1.54) is 12.8 Å². The summed E-state index contributed by atoms with van der Waals surface area (Å²) in [6.45, 7) is 3.07. The molecule has 1 heterocycles. The van der Waals surface area contributed by atoms with Crippen molar-refractivity contribution >= 4 is 20.2 Å². The third-order valence-electron chi connectivity index (χ3n) is 3.02. The van der Waals surface area contributed by atoms with Crippen molar-refractivity contribution in [2.75, 3.05) is 32.4 Å². The van der Waals surface area contributed by atoms with Gasteiger partial charge in [0.05, 0.1) is 36.8 Å². The normalized spacial score (nSPS) is 18.1. The molecule has 1 aliphatic heterocycles.